The Morgan fingerprint density at radius 2 is 1.03 bits per heavy atom. The molecule has 0 unspecified atom stereocenters. The van der Waals surface area contributed by atoms with Gasteiger partial charge in [0.25, 0.3) is 16.2 Å². The summed E-state index contributed by atoms with van der Waals surface area (Å²) in [4.78, 5) is 71.0. The molecule has 9 N–H and O–H groups in total. The number of nitrogens with zero attached hydrogens (tertiary/aromatic N) is 16. The van der Waals surface area contributed by atoms with Gasteiger partial charge in [-0.3, -0.25) is 24.2 Å². The number of aromatic nitrogens is 11. The first kappa shape index (κ1) is 42.8. The van der Waals surface area contributed by atoms with Crippen molar-refractivity contribution in [1.29, 1.82) is 0 Å². The van der Waals surface area contributed by atoms with Gasteiger partial charge in [0.15, 0.2) is 23.0 Å². The first-order chi connectivity index (χ1) is 27.5. The van der Waals surface area contributed by atoms with Crippen molar-refractivity contribution in [2.45, 2.75) is 52.4 Å². The number of aromatic amines is 1. The molecule has 0 aliphatic carbocycles. The molecule has 5 aromatic heterocycles. The van der Waals surface area contributed by atoms with E-state index in [0.717, 1.165) is 41.8 Å². The standard InChI is InChI=1S/C29H35N19O9S2/c1-28(2,3)17-15(35-37-24-39-41-26(58-24)45(7-11(49)50)8-12(51)52)19(30)47(43-17)21-32-22(34-23(57)33-21)48-20(31)16(18(44-48)29(4,5)6)36-38-25-40-42-27(59-25)46(9-13(53)54)10-14(55)56/h7-10,30-31H2,1-6H3,(H,49,50)(H,51,52)(H,53,54)(H,55,56)(H,32,33,34,57). The van der Waals surface area contributed by atoms with E-state index in [9.17, 15) is 44.4 Å². The van der Waals surface area contributed by atoms with Gasteiger partial charge in [-0.25, -0.2) is 4.79 Å². The second-order valence-electron chi connectivity index (χ2n) is 14.2. The molecule has 28 nitrogen and oxygen atoms in total. The van der Waals surface area contributed by atoms with Gasteiger partial charge in [-0.15, -0.1) is 40.9 Å². The number of carbonyl (C=O) groups is 4. The lowest BCUT2D eigenvalue weighted by molar-refractivity contribution is -0.138. The van der Waals surface area contributed by atoms with Crippen molar-refractivity contribution in [1.82, 2.24) is 54.9 Å². The number of hydrogen-bond acceptors (Lipinski definition) is 23. The van der Waals surface area contributed by atoms with E-state index >= 15 is 0 Å². The number of carboxylic acid groups (broad SMARTS) is 4. The maximum atomic E-state index is 13.0. The van der Waals surface area contributed by atoms with Gasteiger partial charge in [0.05, 0.1) is 11.4 Å². The quantitative estimate of drug-likeness (QED) is 0.0695. The highest BCUT2D eigenvalue weighted by Gasteiger charge is 2.31. The lowest BCUT2D eigenvalue weighted by Crippen LogP contribution is -2.34. The highest BCUT2D eigenvalue weighted by atomic mass is 32.1. The highest BCUT2D eigenvalue weighted by Crippen LogP contribution is 2.40. The Balaban J connectivity index is 1.52. The fourth-order valence-corrected chi connectivity index (χ4v) is 6.23. The Morgan fingerprint density at radius 3 is 1.42 bits per heavy atom. The maximum absolute atomic E-state index is 13.0. The Hall–Kier alpha value is -7.37. The largest absolute Gasteiger partial charge is 0.480 e. The Bertz CT molecular complexity index is 2340. The molecule has 312 valence electrons. The molecule has 0 aliphatic rings. The molecule has 30 heteroatoms. The van der Waals surface area contributed by atoms with Crippen molar-refractivity contribution in [2.24, 2.45) is 20.5 Å². The minimum absolute atomic E-state index is 0.0293. The zero-order valence-corrected chi connectivity index (χ0v) is 33.4. The number of nitrogen functional groups attached to an aromatic ring is 2. The fraction of sp³-hybridized carbons (Fsp3) is 0.414. The third kappa shape index (κ3) is 10.1. The van der Waals surface area contributed by atoms with Gasteiger partial charge in [0.2, 0.25) is 16.2 Å². The van der Waals surface area contributed by atoms with Crippen LogP contribution in [0.15, 0.2) is 25.3 Å². The SMILES string of the molecule is CC(C)(C)c1nn(-c2nc(-n3nc(C(C)(C)C)c(N=Nc4nnc(N(CC(=O)O)CC(=O)O)s4)c3N)[nH]c(=O)n2)c(N)c1N=Nc1nnc(N(CC(=O)O)CC(=O)O)s1. The van der Waals surface area contributed by atoms with Crippen LogP contribution in [0.3, 0.4) is 0 Å². The summed E-state index contributed by atoms with van der Waals surface area (Å²) in [7, 11) is 0. The van der Waals surface area contributed by atoms with Gasteiger partial charge in [-0.05, 0) is 0 Å². The molecule has 5 rings (SSSR count). The van der Waals surface area contributed by atoms with Crippen LogP contribution in [0.4, 0.5) is 43.5 Å². The van der Waals surface area contributed by atoms with Crippen LogP contribution in [0.25, 0.3) is 11.9 Å². The summed E-state index contributed by atoms with van der Waals surface area (Å²) in [6.07, 6.45) is 0. The molecule has 0 atom stereocenters. The number of aliphatic carboxylic acids is 4. The number of anilines is 4. The third-order valence-electron chi connectivity index (χ3n) is 7.35. The van der Waals surface area contributed by atoms with Crippen molar-refractivity contribution < 1.29 is 39.6 Å². The molecule has 0 saturated carbocycles. The minimum Gasteiger partial charge on any atom is -0.480 e. The van der Waals surface area contributed by atoms with E-state index in [2.05, 4.69) is 66.0 Å². The van der Waals surface area contributed by atoms with E-state index in [1.807, 2.05) is 20.8 Å². The number of carboxylic acids is 4. The van der Waals surface area contributed by atoms with Crippen LogP contribution in [0.2, 0.25) is 0 Å². The highest BCUT2D eigenvalue weighted by molar-refractivity contribution is 7.19. The molecule has 0 fully saturated rings. The summed E-state index contributed by atoms with van der Waals surface area (Å²) >= 11 is 1.56. The zero-order valence-electron chi connectivity index (χ0n) is 31.8. The summed E-state index contributed by atoms with van der Waals surface area (Å²) in [5, 5.41) is 77.8. The van der Waals surface area contributed by atoms with E-state index in [1.54, 1.807) is 20.8 Å². The molecule has 5 aromatic rings. The van der Waals surface area contributed by atoms with Crippen LogP contribution >= 0.6 is 22.7 Å². The summed E-state index contributed by atoms with van der Waals surface area (Å²) in [5.41, 5.74) is 11.4. The zero-order chi connectivity index (χ0) is 43.6. The van der Waals surface area contributed by atoms with Crippen LogP contribution in [-0.4, -0.2) is 125 Å². The minimum atomic E-state index is -1.29. The molecule has 0 aromatic carbocycles. The molecule has 59 heavy (non-hydrogen) atoms. The van der Waals surface area contributed by atoms with Crippen molar-refractivity contribution in [3.05, 3.63) is 21.9 Å². The summed E-state index contributed by atoms with van der Waals surface area (Å²) in [6.45, 7) is 8.22. The number of nitrogens with two attached hydrogens (primary N) is 2. The number of H-pyrrole nitrogens is 1. The van der Waals surface area contributed by atoms with Crippen molar-refractivity contribution in [3.8, 4) is 11.9 Å². The second-order valence-corrected chi connectivity index (χ2v) is 16.1. The van der Waals surface area contributed by atoms with E-state index in [1.165, 1.54) is 0 Å². The monoisotopic (exact) mass is 857 g/mol. The van der Waals surface area contributed by atoms with Gasteiger partial charge in [-0.2, -0.15) is 29.5 Å². The van der Waals surface area contributed by atoms with E-state index < -0.39 is 66.6 Å². The number of rotatable bonds is 16. The van der Waals surface area contributed by atoms with E-state index in [0.29, 0.717) is 5.69 Å². The van der Waals surface area contributed by atoms with Gasteiger partial charge in [-0.1, -0.05) is 64.2 Å². The first-order valence-electron chi connectivity index (χ1n) is 16.7. The van der Waals surface area contributed by atoms with Crippen LogP contribution in [0, 0.1) is 0 Å². The van der Waals surface area contributed by atoms with Crippen molar-refractivity contribution in [3.63, 3.8) is 0 Å². The molecule has 0 radical (unpaired) electrons. The summed E-state index contributed by atoms with van der Waals surface area (Å²) in [5.74, 6) is -6.00. The number of azo groups is 2. The van der Waals surface area contributed by atoms with E-state index in [4.69, 9.17) is 11.5 Å². The van der Waals surface area contributed by atoms with E-state index in [-0.39, 0.29) is 61.1 Å². The molecular formula is C29H35N19O9S2. The molecule has 5 heterocycles. The lowest BCUT2D eigenvalue weighted by atomic mass is 9.91. The number of nitrogens with one attached hydrogen (secondary N) is 1. The van der Waals surface area contributed by atoms with Crippen LogP contribution < -0.4 is 27.0 Å². The first-order valence-corrected chi connectivity index (χ1v) is 18.3. The maximum Gasteiger partial charge on any atom is 0.351 e. The van der Waals surface area contributed by atoms with Crippen LogP contribution in [-0.2, 0) is 30.0 Å². The topological polar surface area (TPSA) is 403 Å². The molecule has 0 saturated heterocycles. The molecular weight excluding hydrogens is 823 g/mol. The summed E-state index contributed by atoms with van der Waals surface area (Å²) in [6, 6.07) is 0. The Morgan fingerprint density at radius 1 is 0.644 bits per heavy atom. The molecule has 0 amide bonds. The average Bonchev–Trinajstić information content (AvgIpc) is 3.90. The van der Waals surface area contributed by atoms with Gasteiger partial charge in [0.1, 0.15) is 26.2 Å². The normalized spacial score (nSPS) is 12.1. The number of hydrogen-bond donors (Lipinski definition) is 7. The average molecular weight is 858 g/mol. The fourth-order valence-electron chi connectivity index (χ4n) is 4.90. The molecule has 0 aliphatic heterocycles. The predicted octanol–water partition coefficient (Wildman–Crippen LogP) is 1.78. The molecule has 0 bridgehead atoms. The summed E-state index contributed by atoms with van der Waals surface area (Å²) < 4.78 is 2.14. The third-order valence-corrected chi connectivity index (χ3v) is 9.09. The smallest absolute Gasteiger partial charge is 0.351 e. The van der Waals surface area contributed by atoms with Gasteiger partial charge < -0.3 is 41.7 Å². The lowest BCUT2D eigenvalue weighted by Gasteiger charge is -2.15. The van der Waals surface area contributed by atoms with Gasteiger partial charge in [0, 0.05) is 10.8 Å². The Kier molecular flexibility index (Phi) is 12.0. The molecule has 0 spiro atoms. The predicted molar refractivity (Wildman–Crippen MR) is 206 cm³/mol. The van der Waals surface area contributed by atoms with Crippen molar-refractivity contribution >= 4 is 90.1 Å². The van der Waals surface area contributed by atoms with Crippen molar-refractivity contribution in [2.75, 3.05) is 47.4 Å². The second kappa shape index (κ2) is 16.6. The van der Waals surface area contributed by atoms with Gasteiger partial charge >= 0.3 is 29.6 Å². The Labute approximate surface area is 338 Å². The van der Waals surface area contributed by atoms with Crippen LogP contribution in [0.1, 0.15) is 52.9 Å². The van der Waals surface area contributed by atoms with Crippen LogP contribution in [0.5, 0.6) is 0 Å².